The summed E-state index contributed by atoms with van der Waals surface area (Å²) in [5.74, 6) is 0.531. The molecule has 0 saturated carbocycles. The molecule has 5 nitrogen and oxygen atoms in total. The highest BCUT2D eigenvalue weighted by Gasteiger charge is 2.05. The summed E-state index contributed by atoms with van der Waals surface area (Å²) in [6, 6.07) is 8.15. The molecule has 18 heavy (non-hydrogen) atoms. The van der Waals surface area contributed by atoms with Gasteiger partial charge in [0.15, 0.2) is 0 Å². The number of ether oxygens (including phenoxy) is 1. The van der Waals surface area contributed by atoms with Gasteiger partial charge in [0.1, 0.15) is 0 Å². The van der Waals surface area contributed by atoms with Gasteiger partial charge in [0.25, 0.3) is 0 Å². The molecule has 1 aromatic carbocycles. The molecule has 0 aliphatic rings. The van der Waals surface area contributed by atoms with Gasteiger partial charge in [0.05, 0.1) is 6.61 Å². The molecule has 2 rings (SSSR count). The number of hydrogen-bond acceptors (Lipinski definition) is 5. The molecule has 1 atom stereocenters. The van der Waals surface area contributed by atoms with Crippen LogP contribution in [0.4, 0.5) is 5.69 Å². The minimum absolute atomic E-state index is 0.277. The minimum Gasteiger partial charge on any atom is -0.423 e. The van der Waals surface area contributed by atoms with Crippen molar-refractivity contribution in [2.24, 2.45) is 0 Å². The Morgan fingerprint density at radius 1 is 1.33 bits per heavy atom. The molecule has 1 N–H and O–H groups in total. The number of rotatable bonds is 6. The van der Waals surface area contributed by atoms with Crippen molar-refractivity contribution in [2.75, 3.05) is 18.5 Å². The summed E-state index contributed by atoms with van der Waals surface area (Å²) in [6.07, 6.45) is 1.33. The molecule has 1 unspecified atom stereocenters. The van der Waals surface area contributed by atoms with Crippen molar-refractivity contribution >= 4 is 5.69 Å². The summed E-state index contributed by atoms with van der Waals surface area (Å²) >= 11 is 0. The molecule has 1 heterocycles. The summed E-state index contributed by atoms with van der Waals surface area (Å²) in [7, 11) is 0. The van der Waals surface area contributed by atoms with Crippen LogP contribution in [0.1, 0.15) is 13.8 Å². The fourth-order valence-electron chi connectivity index (χ4n) is 1.63. The van der Waals surface area contributed by atoms with Crippen molar-refractivity contribution in [3.63, 3.8) is 0 Å². The van der Waals surface area contributed by atoms with Crippen LogP contribution in [-0.2, 0) is 4.74 Å². The molecule has 96 valence electrons. The van der Waals surface area contributed by atoms with Crippen molar-refractivity contribution in [2.45, 2.75) is 19.9 Å². The van der Waals surface area contributed by atoms with Crippen LogP contribution in [0.25, 0.3) is 11.5 Å². The number of nitrogens with zero attached hydrogens (tertiary/aromatic N) is 2. The first-order chi connectivity index (χ1) is 8.79. The van der Waals surface area contributed by atoms with E-state index in [4.69, 9.17) is 9.15 Å². The molecule has 5 heteroatoms. The zero-order valence-electron chi connectivity index (χ0n) is 10.6. The lowest BCUT2D eigenvalue weighted by Crippen LogP contribution is -2.21. The molecule has 0 aliphatic heterocycles. The lowest BCUT2D eigenvalue weighted by Gasteiger charge is -2.14. The van der Waals surface area contributed by atoms with E-state index in [0.717, 1.165) is 17.9 Å². The fourth-order valence-corrected chi connectivity index (χ4v) is 1.63. The van der Waals surface area contributed by atoms with Gasteiger partial charge in [-0.25, -0.2) is 0 Å². The molecule has 0 bridgehead atoms. The van der Waals surface area contributed by atoms with E-state index in [-0.39, 0.29) is 6.04 Å². The summed E-state index contributed by atoms with van der Waals surface area (Å²) in [4.78, 5) is 0. The van der Waals surface area contributed by atoms with E-state index in [1.54, 1.807) is 0 Å². The normalized spacial score (nSPS) is 12.3. The molecule has 2 aromatic rings. The summed E-state index contributed by atoms with van der Waals surface area (Å²) < 4.78 is 10.5. The predicted octanol–water partition coefficient (Wildman–Crippen LogP) is 2.57. The van der Waals surface area contributed by atoms with Gasteiger partial charge in [-0.05, 0) is 38.1 Å². The van der Waals surface area contributed by atoms with E-state index in [1.165, 1.54) is 6.39 Å². The smallest absolute Gasteiger partial charge is 0.247 e. The Bertz CT molecular complexity index is 454. The van der Waals surface area contributed by atoms with Crippen LogP contribution in [0.3, 0.4) is 0 Å². The molecule has 0 aliphatic carbocycles. The maximum Gasteiger partial charge on any atom is 0.247 e. The van der Waals surface area contributed by atoms with E-state index in [1.807, 2.05) is 31.2 Å². The van der Waals surface area contributed by atoms with Gasteiger partial charge in [-0.1, -0.05) is 0 Å². The highest BCUT2D eigenvalue weighted by atomic mass is 16.5. The first-order valence-corrected chi connectivity index (χ1v) is 6.00. The summed E-state index contributed by atoms with van der Waals surface area (Å²) in [5, 5.41) is 10.9. The Morgan fingerprint density at radius 2 is 2.11 bits per heavy atom. The van der Waals surface area contributed by atoms with Gasteiger partial charge in [-0.2, -0.15) is 0 Å². The second-order valence-electron chi connectivity index (χ2n) is 4.03. The zero-order chi connectivity index (χ0) is 12.8. The summed E-state index contributed by atoms with van der Waals surface area (Å²) in [6.45, 7) is 5.51. The molecular weight excluding hydrogens is 230 g/mol. The van der Waals surface area contributed by atoms with E-state index in [0.29, 0.717) is 12.5 Å². The van der Waals surface area contributed by atoms with Crippen LogP contribution in [0, 0.1) is 0 Å². The van der Waals surface area contributed by atoms with Crippen molar-refractivity contribution in [1.29, 1.82) is 0 Å². The fraction of sp³-hybridized carbons (Fsp3) is 0.385. The molecule has 0 fully saturated rings. The lowest BCUT2D eigenvalue weighted by atomic mass is 10.2. The first kappa shape index (κ1) is 12.6. The van der Waals surface area contributed by atoms with Crippen LogP contribution in [0.5, 0.6) is 0 Å². The monoisotopic (exact) mass is 247 g/mol. The van der Waals surface area contributed by atoms with E-state index >= 15 is 0 Å². The van der Waals surface area contributed by atoms with E-state index in [9.17, 15) is 0 Å². The maximum absolute atomic E-state index is 5.35. The average Bonchev–Trinajstić information content (AvgIpc) is 2.91. The molecular formula is C13H17N3O2. The minimum atomic E-state index is 0.277. The Hall–Kier alpha value is -1.88. The van der Waals surface area contributed by atoms with Crippen LogP contribution in [0.15, 0.2) is 35.1 Å². The first-order valence-electron chi connectivity index (χ1n) is 6.00. The Morgan fingerprint density at radius 3 is 2.72 bits per heavy atom. The van der Waals surface area contributed by atoms with E-state index in [2.05, 4.69) is 22.4 Å². The number of hydrogen-bond donors (Lipinski definition) is 1. The zero-order valence-corrected chi connectivity index (χ0v) is 10.6. The van der Waals surface area contributed by atoms with Gasteiger partial charge < -0.3 is 14.5 Å². The third-order valence-electron chi connectivity index (χ3n) is 2.48. The molecule has 1 aromatic heterocycles. The second kappa shape index (κ2) is 6.16. The van der Waals surface area contributed by atoms with Crippen molar-refractivity contribution in [3.8, 4) is 11.5 Å². The SMILES string of the molecule is CCOCC(C)Nc1ccc(-c2nnco2)cc1. The van der Waals surface area contributed by atoms with Crippen LogP contribution < -0.4 is 5.32 Å². The number of benzene rings is 1. The summed E-state index contributed by atoms with van der Waals surface area (Å²) in [5.41, 5.74) is 1.96. The molecule has 0 spiro atoms. The van der Waals surface area contributed by atoms with Gasteiger partial charge >= 0.3 is 0 Å². The van der Waals surface area contributed by atoms with E-state index < -0.39 is 0 Å². The Labute approximate surface area is 106 Å². The van der Waals surface area contributed by atoms with Gasteiger partial charge in [-0.15, -0.1) is 10.2 Å². The average molecular weight is 247 g/mol. The number of anilines is 1. The van der Waals surface area contributed by atoms with Gasteiger partial charge in [0, 0.05) is 23.9 Å². The molecule has 0 radical (unpaired) electrons. The quantitative estimate of drug-likeness (QED) is 0.850. The number of aromatic nitrogens is 2. The van der Waals surface area contributed by atoms with Gasteiger partial charge in [0.2, 0.25) is 12.3 Å². The standard InChI is InChI=1S/C13H17N3O2/c1-3-17-8-10(2)15-12-6-4-11(5-7-12)13-16-14-9-18-13/h4-7,9-10,15H,3,8H2,1-2H3. The molecule has 0 amide bonds. The van der Waals surface area contributed by atoms with Crippen LogP contribution >= 0.6 is 0 Å². The third kappa shape index (κ3) is 3.30. The predicted molar refractivity (Wildman–Crippen MR) is 69.3 cm³/mol. The highest BCUT2D eigenvalue weighted by Crippen LogP contribution is 2.19. The Balaban J connectivity index is 1.95. The van der Waals surface area contributed by atoms with Crippen molar-refractivity contribution < 1.29 is 9.15 Å². The number of nitrogens with one attached hydrogen (secondary N) is 1. The largest absolute Gasteiger partial charge is 0.423 e. The van der Waals surface area contributed by atoms with Gasteiger partial charge in [-0.3, -0.25) is 0 Å². The third-order valence-corrected chi connectivity index (χ3v) is 2.48. The highest BCUT2D eigenvalue weighted by molar-refractivity contribution is 5.58. The molecule has 0 saturated heterocycles. The van der Waals surface area contributed by atoms with Crippen LogP contribution in [-0.4, -0.2) is 29.5 Å². The lowest BCUT2D eigenvalue weighted by molar-refractivity contribution is 0.141. The second-order valence-corrected chi connectivity index (χ2v) is 4.03. The van der Waals surface area contributed by atoms with Crippen LogP contribution in [0.2, 0.25) is 0 Å². The topological polar surface area (TPSA) is 60.2 Å². The van der Waals surface area contributed by atoms with Crippen molar-refractivity contribution in [3.05, 3.63) is 30.7 Å². The Kier molecular flexibility index (Phi) is 4.30. The van der Waals surface area contributed by atoms with Crippen molar-refractivity contribution in [1.82, 2.24) is 10.2 Å². The maximum atomic E-state index is 5.35.